The van der Waals surface area contributed by atoms with Crippen LogP contribution in [0, 0.1) is 0 Å². The summed E-state index contributed by atoms with van der Waals surface area (Å²) < 4.78 is 6.71. The average molecular weight is 627 g/mol. The summed E-state index contributed by atoms with van der Waals surface area (Å²) >= 11 is 0. The Morgan fingerprint density at radius 1 is 0.388 bits per heavy atom. The van der Waals surface area contributed by atoms with Crippen molar-refractivity contribution >= 4 is 43.4 Å². The lowest BCUT2D eigenvalue weighted by Gasteiger charge is -2.13. The van der Waals surface area contributed by atoms with Gasteiger partial charge in [0.1, 0.15) is 11.3 Å². The quantitative estimate of drug-likeness (QED) is 0.194. The number of rotatable bonds is 4. The summed E-state index contributed by atoms with van der Waals surface area (Å²) in [5, 5.41) is 6.50. The molecule has 0 radical (unpaired) electrons. The van der Waals surface area contributed by atoms with Gasteiger partial charge in [0, 0.05) is 33.0 Å². The Balaban J connectivity index is 1.22. The highest BCUT2D eigenvalue weighted by molar-refractivity contribution is 6.10. The second kappa shape index (κ2) is 10.9. The van der Waals surface area contributed by atoms with E-state index in [1.807, 2.05) is 36.4 Å². The van der Waals surface area contributed by atoms with Crippen LogP contribution in [0.25, 0.3) is 100 Å². The van der Waals surface area contributed by atoms with Crippen LogP contribution in [0.3, 0.4) is 0 Å². The summed E-state index contributed by atoms with van der Waals surface area (Å²) in [6.45, 7) is 0. The van der Waals surface area contributed by atoms with Gasteiger partial charge in [0.05, 0.1) is 16.8 Å². The lowest BCUT2D eigenvalue weighted by Crippen LogP contribution is -2.01. The summed E-state index contributed by atoms with van der Waals surface area (Å²) in [7, 11) is 0. The van der Waals surface area contributed by atoms with Gasteiger partial charge in [-0.1, -0.05) is 133 Å². The van der Waals surface area contributed by atoms with Gasteiger partial charge >= 0.3 is 0 Å². The molecule has 228 valence electrons. The molecule has 0 N–H and O–H groups in total. The zero-order valence-corrected chi connectivity index (χ0v) is 26.2. The Hall–Kier alpha value is -6.72. The number of aromatic nitrogens is 4. The van der Waals surface area contributed by atoms with Crippen molar-refractivity contribution in [3.8, 4) is 56.7 Å². The molecule has 5 heteroatoms. The van der Waals surface area contributed by atoms with E-state index < -0.39 is 0 Å². The Bertz CT molecular complexity index is 2750. The first-order valence-electron chi connectivity index (χ1n) is 16.3. The van der Waals surface area contributed by atoms with E-state index >= 15 is 0 Å². The molecule has 0 atom stereocenters. The summed E-state index contributed by atoms with van der Waals surface area (Å²) in [5.74, 6) is 2.60. The molecule has 0 saturated heterocycles. The van der Waals surface area contributed by atoms with Crippen molar-refractivity contribution in [3.05, 3.63) is 158 Å². The monoisotopic (exact) mass is 626 g/mol. The van der Waals surface area contributed by atoms with Crippen molar-refractivity contribution in [3.63, 3.8) is 0 Å². The molecule has 0 unspecified atom stereocenters. The number of fused-ring (bicyclic) bond motifs is 7. The molecule has 3 heterocycles. The molecule has 0 fully saturated rings. The predicted octanol–water partition coefficient (Wildman–Crippen LogP) is 11.2. The third-order valence-corrected chi connectivity index (χ3v) is 9.30. The van der Waals surface area contributed by atoms with Crippen LogP contribution in [0.2, 0.25) is 0 Å². The summed E-state index contributed by atoms with van der Waals surface area (Å²) in [4.78, 5) is 20.5. The fraction of sp³-hybridized carbons (Fsp3) is 0. The van der Waals surface area contributed by atoms with E-state index in [9.17, 15) is 0 Å². The van der Waals surface area contributed by atoms with E-state index in [-0.39, 0.29) is 0 Å². The molecular formula is C44H26N4O. The Labute approximate surface area is 281 Å². The summed E-state index contributed by atoms with van der Waals surface area (Å²) in [5.41, 5.74) is 7.36. The molecule has 7 aromatic carbocycles. The maximum Gasteiger partial charge on any atom is 0.164 e. The second-order valence-corrected chi connectivity index (χ2v) is 12.2. The highest BCUT2D eigenvalue weighted by Crippen LogP contribution is 2.44. The molecule has 2 aliphatic heterocycles. The maximum atomic E-state index is 6.71. The number of hydrogen-bond donors (Lipinski definition) is 0. The van der Waals surface area contributed by atoms with Gasteiger partial charge in [-0.05, 0) is 45.8 Å². The average Bonchev–Trinajstić information content (AvgIpc) is 3.57. The second-order valence-electron chi connectivity index (χ2n) is 12.2. The third kappa shape index (κ3) is 4.48. The molecule has 1 aromatic heterocycles. The van der Waals surface area contributed by atoms with Crippen LogP contribution in [0.1, 0.15) is 0 Å². The molecule has 0 spiro atoms. The molecule has 0 saturated carbocycles. The van der Waals surface area contributed by atoms with Crippen LogP contribution < -0.4 is 0 Å². The van der Waals surface area contributed by atoms with Gasteiger partial charge in [0.15, 0.2) is 17.5 Å². The lowest BCUT2D eigenvalue weighted by atomic mass is 9.98. The summed E-state index contributed by atoms with van der Waals surface area (Å²) in [6.07, 6.45) is 0. The predicted molar refractivity (Wildman–Crippen MR) is 198 cm³/mol. The zero-order valence-electron chi connectivity index (χ0n) is 26.2. The molecule has 10 rings (SSSR count). The summed E-state index contributed by atoms with van der Waals surface area (Å²) in [6, 6.07) is 53.8. The molecule has 8 aromatic rings. The van der Waals surface area contributed by atoms with Crippen LogP contribution in [-0.2, 0) is 0 Å². The van der Waals surface area contributed by atoms with Gasteiger partial charge < -0.3 is 4.42 Å². The Kier molecular flexibility index (Phi) is 6.11. The van der Waals surface area contributed by atoms with E-state index in [0.29, 0.717) is 17.5 Å². The molecule has 0 aliphatic carbocycles. The van der Waals surface area contributed by atoms with Gasteiger partial charge in [-0.3, -0.25) is 0 Å². The fourth-order valence-electron chi connectivity index (χ4n) is 7.01. The van der Waals surface area contributed by atoms with Crippen molar-refractivity contribution in [2.75, 3.05) is 0 Å². The van der Waals surface area contributed by atoms with Crippen LogP contribution in [0.5, 0.6) is 0 Å². The van der Waals surface area contributed by atoms with E-state index in [1.54, 1.807) is 0 Å². The van der Waals surface area contributed by atoms with Crippen molar-refractivity contribution in [1.82, 2.24) is 19.9 Å². The minimum absolute atomic E-state index is 0.588. The van der Waals surface area contributed by atoms with Gasteiger partial charge in [-0.2, -0.15) is 0 Å². The third-order valence-electron chi connectivity index (χ3n) is 9.30. The largest absolute Gasteiger partial charge is 0.455 e. The Morgan fingerprint density at radius 2 is 0.918 bits per heavy atom. The van der Waals surface area contributed by atoms with Crippen molar-refractivity contribution in [1.29, 1.82) is 0 Å². The van der Waals surface area contributed by atoms with Gasteiger partial charge in [0.25, 0.3) is 0 Å². The maximum absolute atomic E-state index is 6.71. The topological polar surface area (TPSA) is 64.7 Å². The zero-order chi connectivity index (χ0) is 32.3. The molecule has 0 amide bonds. The normalized spacial score (nSPS) is 11.7. The first-order chi connectivity index (χ1) is 24.3. The van der Waals surface area contributed by atoms with Crippen LogP contribution in [-0.4, -0.2) is 19.9 Å². The highest BCUT2D eigenvalue weighted by Gasteiger charge is 2.24. The van der Waals surface area contributed by atoms with Gasteiger partial charge in [0.2, 0.25) is 0 Å². The SMILES string of the molecule is c1cc(-c2nc(-c3cccc4ccccc34)nc(-c3cccc4ccccc34)n2)cc(-c2oc3ccccc3c3nc4ccccc4c2-3)c1. The van der Waals surface area contributed by atoms with E-state index in [2.05, 4.69) is 121 Å². The first-order valence-corrected chi connectivity index (χ1v) is 16.3. The fourth-order valence-corrected chi connectivity index (χ4v) is 7.01. The number of benzene rings is 7. The first kappa shape index (κ1) is 27.4. The molecule has 5 nitrogen and oxygen atoms in total. The minimum atomic E-state index is 0.588. The molecule has 49 heavy (non-hydrogen) atoms. The number of para-hydroxylation sites is 2. The lowest BCUT2D eigenvalue weighted by molar-refractivity contribution is 0.622. The highest BCUT2D eigenvalue weighted by atomic mass is 16.3. The number of nitrogens with zero attached hydrogens (tertiary/aromatic N) is 4. The molecular weight excluding hydrogens is 601 g/mol. The van der Waals surface area contributed by atoms with E-state index in [0.717, 1.165) is 82.7 Å². The number of hydrogen-bond acceptors (Lipinski definition) is 5. The van der Waals surface area contributed by atoms with Crippen LogP contribution in [0.15, 0.2) is 162 Å². The van der Waals surface area contributed by atoms with Crippen molar-refractivity contribution in [2.24, 2.45) is 0 Å². The van der Waals surface area contributed by atoms with Crippen molar-refractivity contribution in [2.45, 2.75) is 0 Å². The standard InChI is InChI=1S/C44H26N4O/c1-3-18-31-27(12-1)14-10-22-33(31)43-46-42(47-44(48-43)34-23-11-15-28-13-2-4-19-32(28)34)30-17-9-16-29(26-30)41-39-35-20-5-7-24-37(35)45-40(39)36-21-6-8-25-38(36)49-41/h1-26H. The van der Waals surface area contributed by atoms with Gasteiger partial charge in [-0.15, -0.1) is 0 Å². The van der Waals surface area contributed by atoms with Crippen molar-refractivity contribution < 1.29 is 4.42 Å². The smallest absolute Gasteiger partial charge is 0.164 e. The molecule has 2 aliphatic rings. The van der Waals surface area contributed by atoms with E-state index in [1.165, 1.54) is 0 Å². The minimum Gasteiger partial charge on any atom is -0.455 e. The van der Waals surface area contributed by atoms with Crippen LogP contribution in [0.4, 0.5) is 0 Å². The van der Waals surface area contributed by atoms with Crippen LogP contribution >= 0.6 is 0 Å². The van der Waals surface area contributed by atoms with Gasteiger partial charge in [-0.25, -0.2) is 19.9 Å². The molecule has 0 bridgehead atoms. The van der Waals surface area contributed by atoms with E-state index in [4.69, 9.17) is 24.4 Å². The Morgan fingerprint density at radius 3 is 1.63 bits per heavy atom.